The number of aryl methyl sites for hydroxylation is 3. The van der Waals surface area contributed by atoms with Crippen LogP contribution in [0.15, 0.2) is 24.4 Å². The smallest absolute Gasteiger partial charge is 0.274 e. The maximum absolute atomic E-state index is 12.7. The van der Waals surface area contributed by atoms with E-state index in [-0.39, 0.29) is 5.91 Å². The molecule has 2 rings (SSSR count). The van der Waals surface area contributed by atoms with E-state index in [0.29, 0.717) is 11.6 Å². The predicted octanol–water partition coefficient (Wildman–Crippen LogP) is 4.28. The monoisotopic (exact) mass is 340 g/mol. The average Bonchev–Trinajstić information content (AvgIpc) is 2.58. The van der Waals surface area contributed by atoms with Crippen molar-refractivity contribution in [1.29, 1.82) is 0 Å². The third-order valence-corrected chi connectivity index (χ3v) is 4.06. The van der Waals surface area contributed by atoms with Crippen molar-refractivity contribution in [3.8, 4) is 0 Å². The number of amides is 1. The lowest BCUT2D eigenvalue weighted by atomic mass is 10.1. The molecule has 0 aliphatic rings. The lowest BCUT2D eigenvalue weighted by Gasteiger charge is -2.21. The van der Waals surface area contributed by atoms with Gasteiger partial charge in [0.05, 0.1) is 0 Å². The molecule has 1 heterocycles. The van der Waals surface area contributed by atoms with Gasteiger partial charge < -0.3 is 10.2 Å². The molecule has 1 aromatic heterocycles. The van der Waals surface area contributed by atoms with Crippen molar-refractivity contribution in [2.45, 2.75) is 47.5 Å². The fourth-order valence-electron chi connectivity index (χ4n) is 3.03. The van der Waals surface area contributed by atoms with Gasteiger partial charge >= 0.3 is 0 Å². The fraction of sp³-hybridized carbons (Fsp3) is 0.450. The Morgan fingerprint density at radius 1 is 1.08 bits per heavy atom. The van der Waals surface area contributed by atoms with Crippen LogP contribution in [0.2, 0.25) is 0 Å². The predicted molar refractivity (Wildman–Crippen MR) is 103 cm³/mol. The number of hydrogen-bond acceptors (Lipinski definition) is 4. The molecule has 0 saturated heterocycles. The van der Waals surface area contributed by atoms with E-state index >= 15 is 0 Å². The summed E-state index contributed by atoms with van der Waals surface area (Å²) < 4.78 is 0. The number of aromatic nitrogens is 2. The van der Waals surface area contributed by atoms with Gasteiger partial charge in [-0.3, -0.25) is 4.79 Å². The molecule has 1 N–H and O–H groups in total. The second-order valence-electron chi connectivity index (χ2n) is 6.46. The highest BCUT2D eigenvalue weighted by atomic mass is 16.1. The molecule has 0 fully saturated rings. The van der Waals surface area contributed by atoms with Crippen LogP contribution in [-0.2, 0) is 0 Å². The molecule has 134 valence electrons. The zero-order valence-electron chi connectivity index (χ0n) is 15.9. The van der Waals surface area contributed by atoms with Crippen LogP contribution in [0.5, 0.6) is 0 Å². The zero-order valence-corrected chi connectivity index (χ0v) is 15.9. The molecule has 0 aliphatic heterocycles. The van der Waals surface area contributed by atoms with E-state index in [9.17, 15) is 4.79 Å². The van der Waals surface area contributed by atoms with Gasteiger partial charge in [0, 0.05) is 25.0 Å². The van der Waals surface area contributed by atoms with Crippen LogP contribution in [0, 0.1) is 20.8 Å². The van der Waals surface area contributed by atoms with Crippen molar-refractivity contribution < 1.29 is 4.79 Å². The molecule has 5 nitrogen and oxygen atoms in total. The van der Waals surface area contributed by atoms with Crippen molar-refractivity contribution in [1.82, 2.24) is 9.97 Å². The topological polar surface area (TPSA) is 58.1 Å². The Balaban J connectivity index is 2.24. The lowest BCUT2D eigenvalue weighted by Crippen LogP contribution is -2.28. The Labute approximate surface area is 150 Å². The molecule has 0 aliphatic carbocycles. The molecule has 0 saturated carbocycles. The number of anilines is 2. The first-order chi connectivity index (χ1) is 12.0. The standard InChI is InChI=1S/C20H28N4O/c1-6-10-24(11-7-2)20-21-9-8-17(22-20)19(25)23-18-15(4)12-14(3)13-16(18)5/h8-9,12-13H,6-7,10-11H2,1-5H3,(H,23,25). The number of benzene rings is 1. The number of hydrogen-bond donors (Lipinski definition) is 1. The highest BCUT2D eigenvalue weighted by molar-refractivity contribution is 6.03. The number of nitrogens with zero attached hydrogens (tertiary/aromatic N) is 3. The average molecular weight is 340 g/mol. The molecule has 2 aromatic rings. The molecule has 1 aromatic carbocycles. The minimum atomic E-state index is -0.202. The van der Waals surface area contributed by atoms with E-state index < -0.39 is 0 Å². The number of rotatable bonds is 7. The molecule has 0 atom stereocenters. The summed E-state index contributed by atoms with van der Waals surface area (Å²) in [5.41, 5.74) is 4.54. The first kappa shape index (κ1) is 18.9. The maximum Gasteiger partial charge on any atom is 0.274 e. The third-order valence-electron chi connectivity index (χ3n) is 4.06. The van der Waals surface area contributed by atoms with Crippen LogP contribution in [-0.4, -0.2) is 29.0 Å². The Kier molecular flexibility index (Phi) is 6.51. The second kappa shape index (κ2) is 8.60. The van der Waals surface area contributed by atoms with E-state index in [4.69, 9.17) is 0 Å². The van der Waals surface area contributed by atoms with Crippen molar-refractivity contribution >= 4 is 17.5 Å². The molecule has 0 spiro atoms. The van der Waals surface area contributed by atoms with Crippen LogP contribution < -0.4 is 10.2 Å². The first-order valence-corrected chi connectivity index (χ1v) is 8.93. The SMILES string of the molecule is CCCN(CCC)c1nccc(C(=O)Nc2c(C)cc(C)cc2C)n1. The van der Waals surface area contributed by atoms with Crippen molar-refractivity contribution in [3.05, 3.63) is 46.8 Å². The van der Waals surface area contributed by atoms with Gasteiger partial charge in [-0.05, 0) is 50.8 Å². The van der Waals surface area contributed by atoms with Gasteiger partial charge in [0.25, 0.3) is 5.91 Å². The van der Waals surface area contributed by atoms with Gasteiger partial charge in [-0.15, -0.1) is 0 Å². The van der Waals surface area contributed by atoms with Crippen LogP contribution in [0.3, 0.4) is 0 Å². The molecular weight excluding hydrogens is 312 g/mol. The second-order valence-corrected chi connectivity index (χ2v) is 6.46. The molecule has 1 amide bonds. The summed E-state index contributed by atoms with van der Waals surface area (Å²) in [7, 11) is 0. The molecule has 5 heteroatoms. The molecule has 25 heavy (non-hydrogen) atoms. The Morgan fingerprint density at radius 2 is 1.68 bits per heavy atom. The quantitative estimate of drug-likeness (QED) is 0.817. The number of carbonyl (C=O) groups excluding carboxylic acids is 1. The van der Waals surface area contributed by atoms with Crippen LogP contribution in [0.1, 0.15) is 53.9 Å². The van der Waals surface area contributed by atoms with Crippen molar-refractivity contribution in [3.63, 3.8) is 0 Å². The minimum absolute atomic E-state index is 0.202. The zero-order chi connectivity index (χ0) is 18.4. The summed E-state index contributed by atoms with van der Waals surface area (Å²) in [6.45, 7) is 12.1. The normalized spacial score (nSPS) is 10.6. The summed E-state index contributed by atoms with van der Waals surface area (Å²) in [5.74, 6) is 0.417. The fourth-order valence-corrected chi connectivity index (χ4v) is 3.03. The Hall–Kier alpha value is -2.43. The summed E-state index contributed by atoms with van der Waals surface area (Å²) in [6.07, 6.45) is 3.69. The molecule has 0 unspecified atom stereocenters. The Morgan fingerprint density at radius 3 is 2.24 bits per heavy atom. The first-order valence-electron chi connectivity index (χ1n) is 8.93. The summed E-state index contributed by atoms with van der Waals surface area (Å²) in [5, 5.41) is 3.00. The largest absolute Gasteiger partial charge is 0.341 e. The number of carbonyl (C=O) groups is 1. The van der Waals surface area contributed by atoms with Gasteiger partial charge in [0.1, 0.15) is 5.69 Å². The van der Waals surface area contributed by atoms with E-state index in [1.54, 1.807) is 12.3 Å². The van der Waals surface area contributed by atoms with Crippen molar-refractivity contribution in [2.24, 2.45) is 0 Å². The lowest BCUT2D eigenvalue weighted by molar-refractivity contribution is 0.102. The van der Waals surface area contributed by atoms with Gasteiger partial charge in [-0.1, -0.05) is 31.5 Å². The third kappa shape index (κ3) is 4.78. The Bertz CT molecular complexity index is 713. The van der Waals surface area contributed by atoms with Gasteiger partial charge in [0.2, 0.25) is 5.95 Å². The van der Waals surface area contributed by atoms with Gasteiger partial charge in [-0.25, -0.2) is 9.97 Å². The van der Waals surface area contributed by atoms with Gasteiger partial charge in [-0.2, -0.15) is 0 Å². The molecule has 0 bridgehead atoms. The number of nitrogens with one attached hydrogen (secondary N) is 1. The van der Waals surface area contributed by atoms with Gasteiger partial charge in [0.15, 0.2) is 0 Å². The van der Waals surface area contributed by atoms with E-state index in [0.717, 1.165) is 42.7 Å². The molecule has 0 radical (unpaired) electrons. The van der Waals surface area contributed by atoms with E-state index in [1.807, 2.05) is 13.8 Å². The minimum Gasteiger partial charge on any atom is -0.341 e. The summed E-state index contributed by atoms with van der Waals surface area (Å²) in [6, 6.07) is 5.80. The summed E-state index contributed by atoms with van der Waals surface area (Å²) >= 11 is 0. The van der Waals surface area contributed by atoms with E-state index in [2.05, 4.69) is 53.1 Å². The highest BCUT2D eigenvalue weighted by Gasteiger charge is 2.14. The maximum atomic E-state index is 12.7. The molecular formula is C20H28N4O. The van der Waals surface area contributed by atoms with Crippen LogP contribution >= 0.6 is 0 Å². The van der Waals surface area contributed by atoms with Crippen molar-refractivity contribution in [2.75, 3.05) is 23.3 Å². The van der Waals surface area contributed by atoms with E-state index in [1.165, 1.54) is 5.56 Å². The summed E-state index contributed by atoms with van der Waals surface area (Å²) in [4.78, 5) is 23.6. The van der Waals surface area contributed by atoms with Crippen LogP contribution in [0.25, 0.3) is 0 Å². The highest BCUT2D eigenvalue weighted by Crippen LogP contribution is 2.22. The van der Waals surface area contributed by atoms with Crippen LogP contribution in [0.4, 0.5) is 11.6 Å².